The molecule has 0 saturated carbocycles. The third-order valence-electron chi connectivity index (χ3n) is 6.00. The molecule has 186 valence electrons. The Kier molecular flexibility index (Phi) is 6.82. The largest absolute Gasteiger partial charge is 0.497 e. The number of carbonyl (C=O) groups excluding carboxylic acids is 1. The molecule has 0 aliphatic carbocycles. The number of aromatic nitrogens is 2. The number of nitrogens with zero attached hydrogens (tertiary/aromatic N) is 3. The maximum atomic E-state index is 13.6. The second kappa shape index (κ2) is 10.2. The van der Waals surface area contributed by atoms with E-state index >= 15 is 0 Å². The molecule has 0 atom stereocenters. The number of para-hydroxylation sites is 1. The minimum Gasteiger partial charge on any atom is -0.497 e. The highest BCUT2D eigenvalue weighted by Crippen LogP contribution is 2.35. The molecule has 5 rings (SSSR count). The summed E-state index contributed by atoms with van der Waals surface area (Å²) < 4.78 is 13.2. The quantitative estimate of drug-likeness (QED) is 0.241. The normalized spacial score (nSPS) is 14.6. The molecule has 3 heterocycles. The maximum absolute atomic E-state index is 13.6. The molecule has 0 spiro atoms. The summed E-state index contributed by atoms with van der Waals surface area (Å²) in [7, 11) is 1.60. The fourth-order valence-corrected chi connectivity index (χ4v) is 5.19. The molecule has 0 unspecified atom stereocenters. The van der Waals surface area contributed by atoms with E-state index in [9.17, 15) is 9.59 Å². The number of rotatable bonds is 6. The Hall–Kier alpha value is -3.95. The first-order valence-corrected chi connectivity index (χ1v) is 12.7. The van der Waals surface area contributed by atoms with Gasteiger partial charge in [-0.3, -0.25) is 18.9 Å². The van der Waals surface area contributed by atoms with Crippen molar-refractivity contribution >= 4 is 45.9 Å². The molecule has 4 aromatic rings. The first-order chi connectivity index (χ1) is 17.9. The lowest BCUT2D eigenvalue weighted by Crippen LogP contribution is -2.27. The van der Waals surface area contributed by atoms with Crippen LogP contribution in [-0.4, -0.2) is 31.6 Å². The van der Waals surface area contributed by atoms with E-state index in [1.165, 1.54) is 15.4 Å². The lowest BCUT2D eigenvalue weighted by Gasteiger charge is -2.15. The summed E-state index contributed by atoms with van der Waals surface area (Å²) in [5.41, 5.74) is 2.96. The topological polar surface area (TPSA) is 73.1 Å². The van der Waals surface area contributed by atoms with Crippen molar-refractivity contribution in [3.63, 3.8) is 0 Å². The molecule has 1 amide bonds. The van der Waals surface area contributed by atoms with Crippen LogP contribution in [0.5, 0.6) is 17.4 Å². The zero-order valence-corrected chi connectivity index (χ0v) is 22.1. The molecule has 2 aromatic carbocycles. The zero-order chi connectivity index (χ0) is 26.1. The number of hydrogen-bond donors (Lipinski definition) is 0. The Morgan fingerprint density at radius 1 is 1.00 bits per heavy atom. The standard InChI is InChI=1S/C28H23N3O4S2/c1-17-7-4-5-9-22(17)35-25-21(26(32)30-14-6-8-18(2)24(30)29-25)15-23-27(33)31(28(36)37-23)16-19-10-12-20(34-3)13-11-19/h4-15H,16H2,1-3H3/b23-15+. The van der Waals surface area contributed by atoms with Crippen LogP contribution in [-0.2, 0) is 11.3 Å². The number of benzene rings is 2. The minimum absolute atomic E-state index is 0.133. The highest BCUT2D eigenvalue weighted by molar-refractivity contribution is 8.26. The van der Waals surface area contributed by atoms with Gasteiger partial charge in [0.1, 0.15) is 27.0 Å². The summed E-state index contributed by atoms with van der Waals surface area (Å²) in [6, 6.07) is 18.6. The SMILES string of the molecule is COc1ccc(CN2C(=O)/C(=C\c3c(Oc4ccccc4C)nc4c(C)cccn4c3=O)SC2=S)cc1. The van der Waals surface area contributed by atoms with Crippen LogP contribution in [0.4, 0.5) is 0 Å². The summed E-state index contributed by atoms with van der Waals surface area (Å²) in [4.78, 5) is 33.5. The Balaban J connectivity index is 1.56. The van der Waals surface area contributed by atoms with E-state index < -0.39 is 0 Å². The van der Waals surface area contributed by atoms with Gasteiger partial charge in [-0.15, -0.1) is 0 Å². The zero-order valence-electron chi connectivity index (χ0n) is 20.4. The van der Waals surface area contributed by atoms with Gasteiger partial charge in [-0.25, -0.2) is 0 Å². The maximum Gasteiger partial charge on any atom is 0.269 e. The van der Waals surface area contributed by atoms with Crippen LogP contribution in [0, 0.1) is 13.8 Å². The van der Waals surface area contributed by atoms with E-state index in [-0.39, 0.29) is 22.9 Å². The van der Waals surface area contributed by atoms with E-state index in [2.05, 4.69) is 4.98 Å². The van der Waals surface area contributed by atoms with Gasteiger partial charge in [0.05, 0.1) is 18.6 Å². The van der Waals surface area contributed by atoms with Gasteiger partial charge < -0.3 is 9.47 Å². The third kappa shape index (κ3) is 4.87. The summed E-state index contributed by atoms with van der Waals surface area (Å²) in [6.45, 7) is 4.11. The number of hydrogen-bond acceptors (Lipinski definition) is 7. The number of methoxy groups -OCH3 is 1. The summed E-state index contributed by atoms with van der Waals surface area (Å²) in [6.07, 6.45) is 3.19. The lowest BCUT2D eigenvalue weighted by molar-refractivity contribution is -0.122. The molecule has 2 aromatic heterocycles. The van der Waals surface area contributed by atoms with Gasteiger partial charge in [0, 0.05) is 6.20 Å². The van der Waals surface area contributed by atoms with Crippen molar-refractivity contribution in [3.8, 4) is 17.4 Å². The molecule has 1 saturated heterocycles. The number of pyridine rings is 1. The van der Waals surface area contributed by atoms with Gasteiger partial charge in [0.15, 0.2) is 0 Å². The average molecular weight is 530 g/mol. The van der Waals surface area contributed by atoms with Crippen molar-refractivity contribution in [2.45, 2.75) is 20.4 Å². The highest BCUT2D eigenvalue weighted by Gasteiger charge is 2.33. The van der Waals surface area contributed by atoms with E-state index in [1.54, 1.807) is 19.4 Å². The number of carbonyl (C=O) groups is 1. The molecular weight excluding hydrogens is 506 g/mol. The van der Waals surface area contributed by atoms with E-state index in [4.69, 9.17) is 21.7 Å². The molecule has 9 heteroatoms. The van der Waals surface area contributed by atoms with Crippen molar-refractivity contribution < 1.29 is 14.3 Å². The van der Waals surface area contributed by atoms with Crippen molar-refractivity contribution in [3.05, 3.63) is 104 Å². The second-order valence-corrected chi connectivity index (χ2v) is 10.2. The van der Waals surface area contributed by atoms with Crippen LogP contribution in [0.1, 0.15) is 22.3 Å². The molecule has 1 fully saturated rings. The Bertz CT molecular complexity index is 1630. The van der Waals surface area contributed by atoms with E-state index in [1.807, 2.05) is 68.4 Å². The van der Waals surface area contributed by atoms with Crippen molar-refractivity contribution in [2.75, 3.05) is 7.11 Å². The van der Waals surface area contributed by atoms with Crippen molar-refractivity contribution in [1.29, 1.82) is 0 Å². The van der Waals surface area contributed by atoms with Crippen LogP contribution in [0.25, 0.3) is 11.7 Å². The number of thioether (sulfide) groups is 1. The van der Waals surface area contributed by atoms with Crippen LogP contribution < -0.4 is 15.0 Å². The molecule has 1 aliphatic rings. The highest BCUT2D eigenvalue weighted by atomic mass is 32.2. The molecule has 37 heavy (non-hydrogen) atoms. The van der Waals surface area contributed by atoms with Crippen LogP contribution in [0.3, 0.4) is 0 Å². The Morgan fingerprint density at radius 3 is 2.46 bits per heavy atom. The first kappa shape index (κ1) is 24.7. The summed E-state index contributed by atoms with van der Waals surface area (Å²) in [5, 5.41) is 0. The lowest BCUT2D eigenvalue weighted by atomic mass is 10.2. The number of fused-ring (bicyclic) bond motifs is 1. The van der Waals surface area contributed by atoms with Gasteiger partial charge in [-0.2, -0.15) is 4.98 Å². The molecule has 0 bridgehead atoms. The van der Waals surface area contributed by atoms with E-state index in [0.29, 0.717) is 27.2 Å². The fraction of sp³-hybridized carbons (Fsp3) is 0.143. The van der Waals surface area contributed by atoms with Gasteiger partial charge in [0.25, 0.3) is 11.5 Å². The van der Waals surface area contributed by atoms with Crippen LogP contribution in [0.15, 0.2) is 76.6 Å². The number of ether oxygens (including phenoxy) is 2. The molecular formula is C28H23N3O4S2. The van der Waals surface area contributed by atoms with Gasteiger partial charge in [-0.1, -0.05) is 60.4 Å². The van der Waals surface area contributed by atoms with Crippen LogP contribution >= 0.6 is 24.0 Å². The Labute approximate surface area is 223 Å². The third-order valence-corrected chi connectivity index (χ3v) is 7.38. The van der Waals surface area contributed by atoms with Gasteiger partial charge in [0.2, 0.25) is 5.88 Å². The Morgan fingerprint density at radius 2 is 1.73 bits per heavy atom. The predicted octanol–water partition coefficient (Wildman–Crippen LogP) is 5.51. The second-order valence-electron chi connectivity index (χ2n) is 8.50. The first-order valence-electron chi connectivity index (χ1n) is 11.5. The van der Waals surface area contributed by atoms with Crippen molar-refractivity contribution in [1.82, 2.24) is 14.3 Å². The van der Waals surface area contributed by atoms with Crippen LogP contribution in [0.2, 0.25) is 0 Å². The molecule has 7 nitrogen and oxygen atoms in total. The summed E-state index contributed by atoms with van der Waals surface area (Å²) in [5.74, 6) is 1.17. The van der Waals surface area contributed by atoms with Gasteiger partial charge in [-0.05, 0) is 60.9 Å². The van der Waals surface area contributed by atoms with Gasteiger partial charge >= 0.3 is 0 Å². The van der Waals surface area contributed by atoms with E-state index in [0.717, 1.165) is 34.2 Å². The molecule has 0 N–H and O–H groups in total. The summed E-state index contributed by atoms with van der Waals surface area (Å²) >= 11 is 6.66. The monoisotopic (exact) mass is 529 g/mol. The minimum atomic E-state index is -0.335. The number of thiocarbonyl (C=S) groups is 1. The number of amides is 1. The molecule has 0 radical (unpaired) electrons. The van der Waals surface area contributed by atoms with Crippen molar-refractivity contribution in [2.24, 2.45) is 0 Å². The predicted molar refractivity (Wildman–Crippen MR) is 149 cm³/mol. The smallest absolute Gasteiger partial charge is 0.269 e. The number of aryl methyl sites for hydroxylation is 2. The fourth-order valence-electron chi connectivity index (χ4n) is 3.95. The molecule has 1 aliphatic heterocycles. The average Bonchev–Trinajstić information content (AvgIpc) is 3.16.